The maximum atomic E-state index is 12.8. The Morgan fingerprint density at radius 3 is 2.59 bits per heavy atom. The highest BCUT2D eigenvalue weighted by molar-refractivity contribution is 7.22. The minimum atomic E-state index is -0.583. The first-order valence-electron chi connectivity index (χ1n) is 8.71. The number of anilines is 1. The van der Waals surface area contributed by atoms with Crippen molar-refractivity contribution in [3.63, 3.8) is 0 Å². The number of fused-ring (bicyclic) bond motifs is 1. The minimum absolute atomic E-state index is 0.0113. The highest BCUT2D eigenvalue weighted by Gasteiger charge is 2.23. The number of amides is 1. The predicted molar refractivity (Wildman–Crippen MR) is 104 cm³/mol. The van der Waals surface area contributed by atoms with Crippen molar-refractivity contribution in [2.24, 2.45) is 0 Å². The van der Waals surface area contributed by atoms with Gasteiger partial charge in [-0.05, 0) is 39.7 Å². The van der Waals surface area contributed by atoms with Gasteiger partial charge in [0.05, 0.1) is 17.9 Å². The number of carbonyl (C=O) groups is 2. The van der Waals surface area contributed by atoms with Gasteiger partial charge in [-0.1, -0.05) is 13.8 Å². The van der Waals surface area contributed by atoms with E-state index < -0.39 is 17.1 Å². The summed E-state index contributed by atoms with van der Waals surface area (Å²) in [4.78, 5) is 41.8. The van der Waals surface area contributed by atoms with E-state index in [0.29, 0.717) is 27.2 Å². The molecule has 0 spiro atoms. The van der Waals surface area contributed by atoms with Crippen LogP contribution in [0.3, 0.4) is 0 Å². The molecule has 8 nitrogen and oxygen atoms in total. The van der Waals surface area contributed by atoms with Gasteiger partial charge in [-0.15, -0.1) is 11.3 Å². The van der Waals surface area contributed by atoms with Gasteiger partial charge >= 0.3 is 5.97 Å². The van der Waals surface area contributed by atoms with Crippen LogP contribution in [0.25, 0.3) is 10.1 Å². The third-order valence-corrected chi connectivity index (χ3v) is 4.57. The lowest BCUT2D eigenvalue weighted by Crippen LogP contribution is -2.32. The number of nitrogens with zero attached hydrogens (tertiary/aromatic N) is 3. The number of carbonyl (C=O) groups excluding carboxylic acids is 2. The molecule has 0 saturated carbocycles. The average molecular weight is 395 g/mol. The Hall–Kier alpha value is -2.26. The summed E-state index contributed by atoms with van der Waals surface area (Å²) in [5, 5.41) is 6.60. The number of ether oxygens (including phenoxy) is 1. The summed E-state index contributed by atoms with van der Waals surface area (Å²) in [5.74, 6) is -0.513. The first kappa shape index (κ1) is 21.0. The largest absolute Gasteiger partial charge is 0.465 e. The molecule has 0 bridgehead atoms. The molecule has 27 heavy (non-hydrogen) atoms. The van der Waals surface area contributed by atoms with Gasteiger partial charge in [-0.25, -0.2) is 4.68 Å². The van der Waals surface area contributed by atoms with E-state index >= 15 is 0 Å². The summed E-state index contributed by atoms with van der Waals surface area (Å²) in [6.45, 7) is 11.0. The Morgan fingerprint density at radius 1 is 1.41 bits per heavy atom. The van der Waals surface area contributed by atoms with Crippen LogP contribution in [0.4, 0.5) is 5.00 Å². The SMILES string of the molecule is CCOC(=O)Cn1nc(C(C)C)c2cc(N(C=O)OC(C)(C)C)sc2c1=O. The second-order valence-corrected chi connectivity index (χ2v) is 8.30. The van der Waals surface area contributed by atoms with Crippen LogP contribution in [0.2, 0.25) is 0 Å². The van der Waals surface area contributed by atoms with Crippen molar-refractivity contribution in [1.29, 1.82) is 0 Å². The number of rotatable bonds is 7. The zero-order chi connectivity index (χ0) is 20.4. The topological polar surface area (TPSA) is 90.7 Å². The van der Waals surface area contributed by atoms with Gasteiger partial charge in [0, 0.05) is 5.39 Å². The molecule has 148 valence electrons. The number of hydroxylamine groups is 1. The maximum absolute atomic E-state index is 12.8. The number of hydrogen-bond acceptors (Lipinski definition) is 7. The smallest absolute Gasteiger partial charge is 0.327 e. The summed E-state index contributed by atoms with van der Waals surface area (Å²) in [5.41, 5.74) is -0.321. The van der Waals surface area contributed by atoms with E-state index in [-0.39, 0.29) is 19.1 Å². The Bertz CT molecular complexity index is 895. The van der Waals surface area contributed by atoms with Gasteiger partial charge in [0.1, 0.15) is 16.2 Å². The molecule has 0 saturated heterocycles. The van der Waals surface area contributed by atoms with Crippen LogP contribution >= 0.6 is 11.3 Å². The van der Waals surface area contributed by atoms with Crippen molar-refractivity contribution in [2.75, 3.05) is 11.7 Å². The van der Waals surface area contributed by atoms with Crippen LogP contribution in [-0.2, 0) is 25.7 Å². The fourth-order valence-corrected chi connectivity index (χ4v) is 3.48. The van der Waals surface area contributed by atoms with Crippen LogP contribution < -0.4 is 10.6 Å². The van der Waals surface area contributed by atoms with E-state index in [2.05, 4.69) is 5.10 Å². The van der Waals surface area contributed by atoms with Crippen molar-refractivity contribution in [2.45, 2.75) is 59.6 Å². The van der Waals surface area contributed by atoms with E-state index in [9.17, 15) is 14.4 Å². The van der Waals surface area contributed by atoms with Crippen LogP contribution in [0.1, 0.15) is 53.2 Å². The molecule has 2 heterocycles. The summed E-state index contributed by atoms with van der Waals surface area (Å²) < 4.78 is 6.45. The molecular weight excluding hydrogens is 370 g/mol. The second kappa shape index (κ2) is 8.18. The molecule has 0 fully saturated rings. The molecule has 0 N–H and O–H groups in total. The fraction of sp³-hybridized carbons (Fsp3) is 0.556. The molecule has 0 aliphatic heterocycles. The molecule has 0 atom stereocenters. The molecule has 9 heteroatoms. The normalized spacial score (nSPS) is 11.8. The number of aromatic nitrogens is 2. The summed E-state index contributed by atoms with van der Waals surface area (Å²) >= 11 is 1.13. The van der Waals surface area contributed by atoms with Crippen molar-refractivity contribution < 1.29 is 19.2 Å². The van der Waals surface area contributed by atoms with Crippen LogP contribution in [-0.4, -0.2) is 34.4 Å². The van der Waals surface area contributed by atoms with E-state index in [0.717, 1.165) is 21.1 Å². The Kier molecular flexibility index (Phi) is 6.38. The first-order valence-corrected chi connectivity index (χ1v) is 9.52. The Labute approximate surface area is 161 Å². The quantitative estimate of drug-likeness (QED) is 0.407. The van der Waals surface area contributed by atoms with Gasteiger partial charge in [-0.2, -0.15) is 10.2 Å². The molecule has 1 amide bonds. The monoisotopic (exact) mass is 395 g/mol. The van der Waals surface area contributed by atoms with Crippen LogP contribution in [0.15, 0.2) is 10.9 Å². The molecule has 0 aromatic carbocycles. The Balaban J connectivity index is 2.59. The van der Waals surface area contributed by atoms with E-state index in [1.807, 2.05) is 34.6 Å². The molecule has 0 unspecified atom stereocenters. The molecular formula is C18H25N3O5S. The standard InChI is InChI=1S/C18H25N3O5S/c1-7-25-14(23)9-20-17(24)16-12(15(19-20)11(2)3)8-13(27-16)21(10-22)26-18(4,5)6/h8,10-11H,7,9H2,1-6H3. The molecule has 2 aromatic rings. The maximum Gasteiger partial charge on any atom is 0.327 e. The van der Waals surface area contributed by atoms with Gasteiger partial charge < -0.3 is 4.74 Å². The lowest BCUT2D eigenvalue weighted by molar-refractivity contribution is -0.144. The van der Waals surface area contributed by atoms with Gasteiger partial charge in [0.2, 0.25) is 6.41 Å². The molecule has 2 aromatic heterocycles. The molecule has 2 rings (SSSR count). The summed E-state index contributed by atoms with van der Waals surface area (Å²) in [6.07, 6.45) is 0.565. The zero-order valence-corrected chi connectivity index (χ0v) is 17.3. The lowest BCUT2D eigenvalue weighted by Gasteiger charge is -2.25. The van der Waals surface area contributed by atoms with Gasteiger partial charge in [0.25, 0.3) is 5.56 Å². The van der Waals surface area contributed by atoms with Crippen molar-refractivity contribution in [3.05, 3.63) is 22.1 Å². The first-order chi connectivity index (χ1) is 12.6. The van der Waals surface area contributed by atoms with E-state index in [1.165, 1.54) is 0 Å². The fourth-order valence-electron chi connectivity index (χ4n) is 2.46. The van der Waals surface area contributed by atoms with Crippen molar-refractivity contribution in [3.8, 4) is 0 Å². The molecule has 0 aliphatic carbocycles. The number of esters is 1. The highest BCUT2D eigenvalue weighted by atomic mass is 32.1. The lowest BCUT2D eigenvalue weighted by atomic mass is 10.1. The van der Waals surface area contributed by atoms with E-state index in [1.54, 1.807) is 13.0 Å². The van der Waals surface area contributed by atoms with Gasteiger partial charge in [0.15, 0.2) is 0 Å². The highest BCUT2D eigenvalue weighted by Crippen LogP contribution is 2.34. The summed E-state index contributed by atoms with van der Waals surface area (Å²) in [6, 6.07) is 1.72. The van der Waals surface area contributed by atoms with E-state index in [4.69, 9.17) is 9.57 Å². The molecule has 0 aliphatic rings. The van der Waals surface area contributed by atoms with Crippen LogP contribution in [0, 0.1) is 0 Å². The summed E-state index contributed by atoms with van der Waals surface area (Å²) in [7, 11) is 0. The third-order valence-electron chi connectivity index (χ3n) is 3.47. The zero-order valence-electron chi connectivity index (χ0n) is 16.4. The Morgan fingerprint density at radius 2 is 2.07 bits per heavy atom. The number of thiophene rings is 1. The van der Waals surface area contributed by atoms with Gasteiger partial charge in [-0.3, -0.25) is 19.2 Å². The van der Waals surface area contributed by atoms with Crippen molar-refractivity contribution in [1.82, 2.24) is 9.78 Å². The van der Waals surface area contributed by atoms with Crippen LogP contribution in [0.5, 0.6) is 0 Å². The average Bonchev–Trinajstić information content (AvgIpc) is 2.99. The molecule has 0 radical (unpaired) electrons. The predicted octanol–water partition coefficient (Wildman–Crippen LogP) is 2.84. The van der Waals surface area contributed by atoms with Crippen molar-refractivity contribution >= 4 is 38.8 Å². The third kappa shape index (κ3) is 4.92. The number of hydrogen-bond donors (Lipinski definition) is 0. The minimum Gasteiger partial charge on any atom is -0.465 e. The second-order valence-electron chi connectivity index (χ2n) is 7.27.